The second kappa shape index (κ2) is 5.93. The molecule has 0 aliphatic heterocycles. The second-order valence-corrected chi connectivity index (χ2v) is 4.57. The Labute approximate surface area is 98.9 Å². The van der Waals surface area contributed by atoms with Crippen LogP contribution in [0.2, 0.25) is 0 Å². The lowest BCUT2D eigenvalue weighted by Gasteiger charge is -2.14. The molecule has 0 aromatic carbocycles. The predicted molar refractivity (Wildman–Crippen MR) is 63.1 cm³/mol. The number of hydrogen-bond donors (Lipinski definition) is 2. The van der Waals surface area contributed by atoms with Crippen LogP contribution in [0.5, 0.6) is 0 Å². The summed E-state index contributed by atoms with van der Waals surface area (Å²) < 4.78 is 0. The van der Waals surface area contributed by atoms with E-state index in [2.05, 4.69) is 4.98 Å². The smallest absolute Gasteiger partial charge is 0.228 e. The van der Waals surface area contributed by atoms with Crippen LogP contribution in [0.3, 0.4) is 0 Å². The molecule has 1 aromatic rings. The van der Waals surface area contributed by atoms with Crippen molar-refractivity contribution in [2.45, 2.75) is 19.4 Å². The fourth-order valence-electron chi connectivity index (χ4n) is 1.18. The van der Waals surface area contributed by atoms with E-state index < -0.39 is 0 Å². The summed E-state index contributed by atoms with van der Waals surface area (Å²) in [4.78, 5) is 17.4. The highest BCUT2D eigenvalue weighted by Gasteiger charge is 2.12. The van der Waals surface area contributed by atoms with E-state index in [9.17, 15) is 4.79 Å². The first-order valence-electron chi connectivity index (χ1n) is 5.09. The van der Waals surface area contributed by atoms with Crippen LogP contribution in [0.25, 0.3) is 0 Å². The van der Waals surface area contributed by atoms with E-state index in [1.54, 1.807) is 7.05 Å². The first kappa shape index (κ1) is 13.1. The molecule has 90 valence electrons. The number of aliphatic hydroxyl groups is 1. The van der Waals surface area contributed by atoms with Crippen LogP contribution >= 0.6 is 11.3 Å². The van der Waals surface area contributed by atoms with Crippen LogP contribution in [-0.4, -0.2) is 41.1 Å². The monoisotopic (exact) mass is 243 g/mol. The Bertz CT molecular complexity index is 352. The van der Waals surface area contributed by atoms with Gasteiger partial charge in [-0.15, -0.1) is 11.3 Å². The standard InChI is InChI=1S/C10H17N3O2S/c1-7(11)10-12-8(6-16-10)5-9(15)13(2)3-4-14/h6-7,14H,3-5,11H2,1-2H3. The minimum absolute atomic E-state index is 0.0234. The summed E-state index contributed by atoms with van der Waals surface area (Å²) in [6.45, 7) is 2.19. The van der Waals surface area contributed by atoms with E-state index in [-0.39, 0.29) is 25.0 Å². The number of rotatable bonds is 5. The van der Waals surface area contributed by atoms with E-state index in [4.69, 9.17) is 10.8 Å². The van der Waals surface area contributed by atoms with E-state index in [0.717, 1.165) is 10.7 Å². The van der Waals surface area contributed by atoms with Gasteiger partial charge in [0.05, 0.1) is 24.8 Å². The molecule has 0 spiro atoms. The molecule has 1 unspecified atom stereocenters. The molecule has 5 nitrogen and oxygen atoms in total. The number of aromatic nitrogens is 1. The first-order valence-corrected chi connectivity index (χ1v) is 5.97. The van der Waals surface area contributed by atoms with Gasteiger partial charge in [-0.3, -0.25) is 4.79 Å². The maximum absolute atomic E-state index is 11.6. The number of carbonyl (C=O) groups is 1. The third kappa shape index (κ3) is 3.55. The first-order chi connectivity index (χ1) is 7.54. The minimum atomic E-state index is -0.0935. The lowest BCUT2D eigenvalue weighted by atomic mass is 10.3. The highest BCUT2D eigenvalue weighted by atomic mass is 32.1. The van der Waals surface area contributed by atoms with Gasteiger partial charge in [0.2, 0.25) is 5.91 Å². The van der Waals surface area contributed by atoms with Crippen molar-refractivity contribution in [1.29, 1.82) is 0 Å². The Morgan fingerprint density at radius 1 is 1.75 bits per heavy atom. The third-order valence-corrected chi connectivity index (χ3v) is 3.25. The minimum Gasteiger partial charge on any atom is -0.395 e. The molecule has 0 fully saturated rings. The second-order valence-electron chi connectivity index (χ2n) is 3.68. The highest BCUT2D eigenvalue weighted by molar-refractivity contribution is 7.09. The van der Waals surface area contributed by atoms with Crippen molar-refractivity contribution in [1.82, 2.24) is 9.88 Å². The van der Waals surface area contributed by atoms with Crippen molar-refractivity contribution in [3.05, 3.63) is 16.1 Å². The average molecular weight is 243 g/mol. The Morgan fingerprint density at radius 3 is 2.94 bits per heavy atom. The zero-order chi connectivity index (χ0) is 12.1. The van der Waals surface area contributed by atoms with Crippen molar-refractivity contribution in [2.75, 3.05) is 20.2 Å². The van der Waals surface area contributed by atoms with Gasteiger partial charge in [0, 0.05) is 19.0 Å². The summed E-state index contributed by atoms with van der Waals surface area (Å²) in [6.07, 6.45) is 0.264. The van der Waals surface area contributed by atoms with Crippen LogP contribution in [-0.2, 0) is 11.2 Å². The predicted octanol–water partition coefficient (Wildman–Crippen LogP) is 0.156. The van der Waals surface area contributed by atoms with Gasteiger partial charge < -0.3 is 15.7 Å². The molecule has 0 aliphatic carbocycles. The lowest BCUT2D eigenvalue weighted by Crippen LogP contribution is -2.30. The number of likely N-dealkylation sites (N-methyl/N-ethyl adjacent to an activating group) is 1. The number of hydrogen-bond acceptors (Lipinski definition) is 5. The van der Waals surface area contributed by atoms with E-state index >= 15 is 0 Å². The largest absolute Gasteiger partial charge is 0.395 e. The molecule has 3 N–H and O–H groups in total. The summed E-state index contributed by atoms with van der Waals surface area (Å²) in [5, 5.41) is 11.4. The number of nitrogens with zero attached hydrogens (tertiary/aromatic N) is 2. The van der Waals surface area contributed by atoms with Gasteiger partial charge in [-0.25, -0.2) is 4.98 Å². The normalized spacial score (nSPS) is 12.5. The Morgan fingerprint density at radius 2 is 2.44 bits per heavy atom. The molecule has 0 bridgehead atoms. The molecule has 0 saturated carbocycles. The van der Waals surface area contributed by atoms with Gasteiger partial charge in [-0.2, -0.15) is 0 Å². The van der Waals surface area contributed by atoms with Crippen LogP contribution in [0.15, 0.2) is 5.38 Å². The van der Waals surface area contributed by atoms with Gasteiger partial charge >= 0.3 is 0 Å². The average Bonchev–Trinajstić information content (AvgIpc) is 2.66. The third-order valence-electron chi connectivity index (χ3n) is 2.15. The van der Waals surface area contributed by atoms with Gasteiger partial charge in [0.1, 0.15) is 5.01 Å². The number of nitrogens with two attached hydrogens (primary N) is 1. The fourth-order valence-corrected chi connectivity index (χ4v) is 1.96. The molecule has 0 aliphatic rings. The maximum atomic E-state index is 11.6. The number of amides is 1. The molecule has 1 amide bonds. The summed E-state index contributed by atoms with van der Waals surface area (Å²) in [5.74, 6) is -0.0458. The molecule has 1 rings (SSSR count). The van der Waals surface area contributed by atoms with Crippen molar-refractivity contribution < 1.29 is 9.90 Å². The zero-order valence-electron chi connectivity index (χ0n) is 9.51. The Balaban J connectivity index is 2.56. The summed E-state index contributed by atoms with van der Waals surface area (Å²) in [6, 6.07) is -0.0935. The van der Waals surface area contributed by atoms with E-state index in [1.807, 2.05) is 12.3 Å². The topological polar surface area (TPSA) is 79.5 Å². The SMILES string of the molecule is CC(N)c1nc(CC(=O)N(C)CCO)cs1. The summed E-state index contributed by atoms with van der Waals surface area (Å²) in [5.41, 5.74) is 6.43. The van der Waals surface area contributed by atoms with Crippen molar-refractivity contribution >= 4 is 17.2 Å². The van der Waals surface area contributed by atoms with Gasteiger partial charge in [-0.1, -0.05) is 0 Å². The highest BCUT2D eigenvalue weighted by Crippen LogP contribution is 2.16. The molecule has 1 aromatic heterocycles. The van der Waals surface area contributed by atoms with E-state index in [0.29, 0.717) is 6.54 Å². The number of thiazole rings is 1. The molecule has 0 saturated heterocycles. The van der Waals surface area contributed by atoms with E-state index in [1.165, 1.54) is 16.2 Å². The zero-order valence-corrected chi connectivity index (χ0v) is 10.3. The van der Waals surface area contributed by atoms with Crippen molar-refractivity contribution in [3.8, 4) is 0 Å². The van der Waals surface area contributed by atoms with Gasteiger partial charge in [-0.05, 0) is 6.92 Å². The number of aliphatic hydroxyl groups excluding tert-OH is 1. The van der Waals surface area contributed by atoms with Crippen LogP contribution in [0.1, 0.15) is 23.7 Å². The van der Waals surface area contributed by atoms with Crippen LogP contribution in [0.4, 0.5) is 0 Å². The molecular weight excluding hydrogens is 226 g/mol. The molecular formula is C10H17N3O2S. The fraction of sp³-hybridized carbons (Fsp3) is 0.600. The Hall–Kier alpha value is -0.980. The maximum Gasteiger partial charge on any atom is 0.228 e. The lowest BCUT2D eigenvalue weighted by molar-refractivity contribution is -0.129. The van der Waals surface area contributed by atoms with Gasteiger partial charge in [0.25, 0.3) is 0 Å². The summed E-state index contributed by atoms with van der Waals surface area (Å²) in [7, 11) is 1.66. The molecule has 1 atom stereocenters. The molecule has 16 heavy (non-hydrogen) atoms. The summed E-state index contributed by atoms with van der Waals surface area (Å²) >= 11 is 1.47. The van der Waals surface area contributed by atoms with Gasteiger partial charge in [0.15, 0.2) is 0 Å². The van der Waals surface area contributed by atoms with Crippen molar-refractivity contribution in [3.63, 3.8) is 0 Å². The van der Waals surface area contributed by atoms with Crippen LogP contribution in [0, 0.1) is 0 Å². The quantitative estimate of drug-likeness (QED) is 0.772. The van der Waals surface area contributed by atoms with Crippen LogP contribution < -0.4 is 5.73 Å². The van der Waals surface area contributed by atoms with Crippen molar-refractivity contribution in [2.24, 2.45) is 5.73 Å². The Kier molecular flexibility index (Phi) is 4.85. The number of carbonyl (C=O) groups excluding carboxylic acids is 1. The molecule has 1 heterocycles. The molecule has 6 heteroatoms. The molecule has 0 radical (unpaired) electrons.